The van der Waals surface area contributed by atoms with Crippen LogP contribution in [0.3, 0.4) is 0 Å². The normalized spacial score (nSPS) is 16.0. The van der Waals surface area contributed by atoms with E-state index >= 15 is 0 Å². The molecule has 0 aliphatic carbocycles. The summed E-state index contributed by atoms with van der Waals surface area (Å²) >= 11 is 0. The molecule has 0 spiro atoms. The zero-order valence-corrected chi connectivity index (χ0v) is 12.5. The molecule has 1 heterocycles. The smallest absolute Gasteiger partial charge is 0.255 e. The van der Waals surface area contributed by atoms with Crippen LogP contribution in [0, 0.1) is 0 Å². The van der Waals surface area contributed by atoms with Crippen LogP contribution in [0.4, 0.5) is 5.69 Å². The number of ether oxygens (including phenoxy) is 1. The Hall–Kier alpha value is -1.59. The van der Waals surface area contributed by atoms with E-state index in [2.05, 4.69) is 5.32 Å². The molecule has 2 N–H and O–H groups in total. The highest BCUT2D eigenvalue weighted by Gasteiger charge is 2.25. The fourth-order valence-corrected chi connectivity index (χ4v) is 2.63. The minimum Gasteiger partial charge on any atom is -0.394 e. The summed E-state index contributed by atoms with van der Waals surface area (Å²) in [6, 6.07) is 7.64. The first-order chi connectivity index (χ1) is 10.3. The summed E-state index contributed by atoms with van der Waals surface area (Å²) in [7, 11) is 0. The zero-order valence-electron chi connectivity index (χ0n) is 12.5. The molecular formula is C16H24N2O3. The van der Waals surface area contributed by atoms with E-state index < -0.39 is 0 Å². The van der Waals surface area contributed by atoms with Crippen LogP contribution in [0.2, 0.25) is 0 Å². The Morgan fingerprint density at radius 2 is 2.10 bits per heavy atom. The number of hydrogen-bond donors (Lipinski definition) is 2. The second kappa shape index (κ2) is 8.00. The van der Waals surface area contributed by atoms with Gasteiger partial charge in [0.25, 0.3) is 5.91 Å². The molecule has 2 rings (SSSR count). The Morgan fingerprint density at radius 1 is 1.38 bits per heavy atom. The predicted octanol–water partition coefficient (Wildman–Crippen LogP) is 1.73. The second-order valence-corrected chi connectivity index (χ2v) is 5.16. The number of hydrogen-bond acceptors (Lipinski definition) is 4. The first-order valence-electron chi connectivity index (χ1n) is 7.61. The molecule has 5 heteroatoms. The standard InChI is InChI=1S/C16H24N2O3/c1-2-17-15-6-4-3-5-14(15)16(20)18-9-7-13(8-10-18)21-12-11-19/h3-6,13,17,19H,2,7-12H2,1H3. The number of piperidine rings is 1. The lowest BCUT2D eigenvalue weighted by Gasteiger charge is -2.32. The zero-order chi connectivity index (χ0) is 15.1. The quantitative estimate of drug-likeness (QED) is 0.838. The van der Waals surface area contributed by atoms with Gasteiger partial charge in [-0.15, -0.1) is 0 Å². The number of para-hydroxylation sites is 1. The number of nitrogens with zero attached hydrogens (tertiary/aromatic N) is 1. The number of anilines is 1. The Labute approximate surface area is 125 Å². The van der Waals surface area contributed by atoms with Gasteiger partial charge in [0.15, 0.2) is 0 Å². The number of carbonyl (C=O) groups excluding carboxylic acids is 1. The van der Waals surface area contributed by atoms with Gasteiger partial charge < -0.3 is 20.1 Å². The van der Waals surface area contributed by atoms with Gasteiger partial charge in [0.05, 0.1) is 24.9 Å². The SMILES string of the molecule is CCNc1ccccc1C(=O)N1CCC(OCCO)CC1. The monoisotopic (exact) mass is 292 g/mol. The van der Waals surface area contributed by atoms with Crippen molar-refractivity contribution in [1.29, 1.82) is 0 Å². The molecule has 0 bridgehead atoms. The second-order valence-electron chi connectivity index (χ2n) is 5.16. The molecule has 0 unspecified atom stereocenters. The van der Waals surface area contributed by atoms with Gasteiger partial charge >= 0.3 is 0 Å². The summed E-state index contributed by atoms with van der Waals surface area (Å²) in [4.78, 5) is 14.5. The molecule has 0 atom stereocenters. The third-order valence-corrected chi connectivity index (χ3v) is 3.70. The fraction of sp³-hybridized carbons (Fsp3) is 0.562. The molecule has 5 nitrogen and oxygen atoms in total. The van der Waals surface area contributed by atoms with Gasteiger partial charge in [-0.25, -0.2) is 0 Å². The van der Waals surface area contributed by atoms with Crippen LogP contribution in [-0.4, -0.2) is 54.9 Å². The molecular weight excluding hydrogens is 268 g/mol. The molecule has 1 aliphatic heterocycles. The van der Waals surface area contributed by atoms with Crippen molar-refractivity contribution in [2.75, 3.05) is 38.2 Å². The fourth-order valence-electron chi connectivity index (χ4n) is 2.63. The van der Waals surface area contributed by atoms with Gasteiger partial charge in [-0.2, -0.15) is 0 Å². The average molecular weight is 292 g/mol. The number of aliphatic hydroxyl groups is 1. The van der Waals surface area contributed by atoms with Crippen LogP contribution in [0.15, 0.2) is 24.3 Å². The highest BCUT2D eigenvalue weighted by atomic mass is 16.5. The minimum atomic E-state index is 0.0508. The summed E-state index contributed by atoms with van der Waals surface area (Å²) in [6.07, 6.45) is 1.81. The summed E-state index contributed by atoms with van der Waals surface area (Å²) in [5, 5.41) is 12.0. The molecule has 1 saturated heterocycles. The minimum absolute atomic E-state index is 0.0508. The average Bonchev–Trinajstić information content (AvgIpc) is 2.53. The molecule has 1 aromatic carbocycles. The number of benzene rings is 1. The van der Waals surface area contributed by atoms with Crippen LogP contribution in [0.5, 0.6) is 0 Å². The molecule has 1 amide bonds. The number of likely N-dealkylation sites (tertiary alicyclic amines) is 1. The van der Waals surface area contributed by atoms with Crippen molar-refractivity contribution in [3.63, 3.8) is 0 Å². The van der Waals surface area contributed by atoms with E-state index in [4.69, 9.17) is 9.84 Å². The van der Waals surface area contributed by atoms with Crippen LogP contribution in [-0.2, 0) is 4.74 Å². The maximum absolute atomic E-state index is 12.6. The highest BCUT2D eigenvalue weighted by Crippen LogP contribution is 2.21. The van der Waals surface area contributed by atoms with E-state index in [9.17, 15) is 4.79 Å². The summed E-state index contributed by atoms with van der Waals surface area (Å²) in [5.41, 5.74) is 1.62. The van der Waals surface area contributed by atoms with Gasteiger partial charge in [-0.1, -0.05) is 12.1 Å². The van der Waals surface area contributed by atoms with Crippen LogP contribution in [0.25, 0.3) is 0 Å². The number of rotatable bonds is 6. The highest BCUT2D eigenvalue weighted by molar-refractivity contribution is 5.99. The van der Waals surface area contributed by atoms with Crippen molar-refractivity contribution in [3.05, 3.63) is 29.8 Å². The van der Waals surface area contributed by atoms with Crippen molar-refractivity contribution in [2.45, 2.75) is 25.9 Å². The van der Waals surface area contributed by atoms with Crippen LogP contribution < -0.4 is 5.32 Å². The number of aliphatic hydroxyl groups excluding tert-OH is 1. The lowest BCUT2D eigenvalue weighted by molar-refractivity contribution is -0.00552. The predicted molar refractivity (Wildman–Crippen MR) is 82.6 cm³/mol. The van der Waals surface area contributed by atoms with Crippen molar-refractivity contribution in [1.82, 2.24) is 4.90 Å². The maximum atomic E-state index is 12.6. The van der Waals surface area contributed by atoms with Crippen molar-refractivity contribution >= 4 is 11.6 Å². The molecule has 116 valence electrons. The van der Waals surface area contributed by atoms with Crippen LogP contribution >= 0.6 is 0 Å². The first kappa shape index (κ1) is 15.8. The van der Waals surface area contributed by atoms with E-state index in [1.165, 1.54) is 0 Å². The van der Waals surface area contributed by atoms with Crippen molar-refractivity contribution < 1.29 is 14.6 Å². The Morgan fingerprint density at radius 3 is 2.76 bits per heavy atom. The van der Waals surface area contributed by atoms with Crippen LogP contribution in [0.1, 0.15) is 30.1 Å². The third-order valence-electron chi connectivity index (χ3n) is 3.70. The lowest BCUT2D eigenvalue weighted by atomic mass is 10.1. The number of amides is 1. The Balaban J connectivity index is 1.96. The number of nitrogens with one attached hydrogen (secondary N) is 1. The summed E-state index contributed by atoms with van der Waals surface area (Å²) < 4.78 is 5.53. The van der Waals surface area contributed by atoms with Crippen molar-refractivity contribution in [3.8, 4) is 0 Å². The molecule has 1 aromatic rings. The van der Waals surface area contributed by atoms with E-state index in [0.29, 0.717) is 19.7 Å². The van der Waals surface area contributed by atoms with E-state index in [1.54, 1.807) is 0 Å². The third kappa shape index (κ3) is 4.19. The van der Waals surface area contributed by atoms with E-state index in [0.717, 1.165) is 30.6 Å². The largest absolute Gasteiger partial charge is 0.394 e. The summed E-state index contributed by atoms with van der Waals surface area (Å²) in [6.45, 7) is 4.65. The Kier molecular flexibility index (Phi) is 6.02. The van der Waals surface area contributed by atoms with E-state index in [1.807, 2.05) is 36.1 Å². The van der Waals surface area contributed by atoms with E-state index in [-0.39, 0.29) is 18.6 Å². The molecule has 0 radical (unpaired) electrons. The topological polar surface area (TPSA) is 61.8 Å². The lowest BCUT2D eigenvalue weighted by Crippen LogP contribution is -2.41. The molecule has 0 saturated carbocycles. The van der Waals surface area contributed by atoms with Gasteiger partial charge in [0.2, 0.25) is 0 Å². The van der Waals surface area contributed by atoms with Gasteiger partial charge in [-0.3, -0.25) is 4.79 Å². The maximum Gasteiger partial charge on any atom is 0.255 e. The first-order valence-corrected chi connectivity index (χ1v) is 7.61. The van der Waals surface area contributed by atoms with Gasteiger partial charge in [0, 0.05) is 25.3 Å². The molecule has 1 fully saturated rings. The van der Waals surface area contributed by atoms with Gasteiger partial charge in [-0.05, 0) is 31.9 Å². The molecule has 1 aliphatic rings. The van der Waals surface area contributed by atoms with Crippen molar-refractivity contribution in [2.24, 2.45) is 0 Å². The molecule has 21 heavy (non-hydrogen) atoms. The van der Waals surface area contributed by atoms with Gasteiger partial charge in [0.1, 0.15) is 0 Å². The summed E-state index contributed by atoms with van der Waals surface area (Å²) in [5.74, 6) is 0.0761. The number of carbonyl (C=O) groups is 1. The molecule has 0 aromatic heterocycles. The Bertz CT molecular complexity index is 457.